The third kappa shape index (κ3) is 3.39. The number of hydrogen-bond acceptors (Lipinski definition) is 6. The number of nitrogens with one attached hydrogen (secondary N) is 2. The van der Waals surface area contributed by atoms with E-state index in [4.69, 9.17) is 0 Å². The van der Waals surface area contributed by atoms with Crippen molar-refractivity contribution < 1.29 is 8.42 Å². The van der Waals surface area contributed by atoms with Gasteiger partial charge in [0.05, 0.1) is 5.75 Å². The summed E-state index contributed by atoms with van der Waals surface area (Å²) < 4.78 is 27.2. The smallest absolute Gasteiger partial charge is 0.254 e. The van der Waals surface area contributed by atoms with Crippen molar-refractivity contribution in [1.29, 1.82) is 0 Å². The number of anilines is 3. The third-order valence-corrected chi connectivity index (χ3v) is 4.50. The minimum Gasteiger partial charge on any atom is -0.340 e. The maximum atomic E-state index is 11.5. The number of fused-ring (bicyclic) bond motifs is 1. The molecule has 0 saturated heterocycles. The van der Waals surface area contributed by atoms with Crippen LogP contribution in [-0.2, 0) is 10.0 Å². The molecule has 8 nitrogen and oxygen atoms in total. The van der Waals surface area contributed by atoms with Crippen LogP contribution in [0.15, 0.2) is 36.7 Å². The molecule has 0 radical (unpaired) electrons. The minimum atomic E-state index is -3.27. The second-order valence-electron chi connectivity index (χ2n) is 4.96. The summed E-state index contributed by atoms with van der Waals surface area (Å²) in [7, 11) is -3.27. The SMILES string of the molecule is CCS(=O)(=O)Nc1ccc(Nc2cc(C)nc3ncnn23)cc1. The van der Waals surface area contributed by atoms with E-state index in [1.54, 1.807) is 35.7 Å². The van der Waals surface area contributed by atoms with Crippen LogP contribution in [0, 0.1) is 6.92 Å². The van der Waals surface area contributed by atoms with Gasteiger partial charge >= 0.3 is 0 Å². The van der Waals surface area contributed by atoms with E-state index in [1.165, 1.54) is 6.33 Å². The van der Waals surface area contributed by atoms with Gasteiger partial charge in [0.1, 0.15) is 12.1 Å². The Balaban J connectivity index is 1.84. The molecule has 3 aromatic rings. The number of benzene rings is 1. The molecule has 0 unspecified atom stereocenters. The molecule has 0 atom stereocenters. The van der Waals surface area contributed by atoms with Crippen molar-refractivity contribution in [1.82, 2.24) is 19.6 Å². The predicted octanol–water partition coefficient (Wildman–Crippen LogP) is 1.94. The molecule has 0 amide bonds. The highest BCUT2D eigenvalue weighted by Gasteiger charge is 2.08. The molecule has 0 aliphatic carbocycles. The van der Waals surface area contributed by atoms with Crippen LogP contribution in [0.4, 0.5) is 17.2 Å². The van der Waals surface area contributed by atoms with E-state index >= 15 is 0 Å². The summed E-state index contributed by atoms with van der Waals surface area (Å²) in [4.78, 5) is 8.34. The molecular weight excluding hydrogens is 316 g/mol. The number of aryl methyl sites for hydroxylation is 1. The van der Waals surface area contributed by atoms with E-state index in [2.05, 4.69) is 25.1 Å². The fourth-order valence-corrected chi connectivity index (χ4v) is 2.68. The van der Waals surface area contributed by atoms with Gasteiger partial charge in [0.15, 0.2) is 0 Å². The Labute approximate surface area is 133 Å². The summed E-state index contributed by atoms with van der Waals surface area (Å²) in [5, 5.41) is 7.34. The van der Waals surface area contributed by atoms with Crippen molar-refractivity contribution in [2.24, 2.45) is 0 Å². The highest BCUT2D eigenvalue weighted by Crippen LogP contribution is 2.20. The van der Waals surface area contributed by atoms with Crippen molar-refractivity contribution in [2.45, 2.75) is 13.8 Å². The minimum absolute atomic E-state index is 0.0353. The Hall–Kier alpha value is -2.68. The van der Waals surface area contributed by atoms with E-state index in [0.717, 1.165) is 17.2 Å². The first-order valence-electron chi connectivity index (χ1n) is 7.02. The van der Waals surface area contributed by atoms with Crippen LogP contribution in [0.3, 0.4) is 0 Å². The summed E-state index contributed by atoms with van der Waals surface area (Å²) in [5.74, 6) is 1.28. The Kier molecular flexibility index (Phi) is 3.87. The Morgan fingerprint density at radius 3 is 2.57 bits per heavy atom. The summed E-state index contributed by atoms with van der Waals surface area (Å²) in [5.41, 5.74) is 2.14. The molecule has 0 fully saturated rings. The number of nitrogens with zero attached hydrogens (tertiary/aromatic N) is 4. The van der Waals surface area contributed by atoms with Crippen LogP contribution in [0.2, 0.25) is 0 Å². The van der Waals surface area contributed by atoms with E-state index in [0.29, 0.717) is 11.5 Å². The summed E-state index contributed by atoms with van der Waals surface area (Å²) in [6, 6.07) is 8.82. The quantitative estimate of drug-likeness (QED) is 0.740. The number of sulfonamides is 1. The van der Waals surface area contributed by atoms with Gasteiger partial charge in [0, 0.05) is 23.1 Å². The van der Waals surface area contributed by atoms with Gasteiger partial charge in [-0.3, -0.25) is 4.72 Å². The zero-order chi connectivity index (χ0) is 16.4. The molecule has 0 aliphatic rings. The monoisotopic (exact) mass is 332 g/mol. The van der Waals surface area contributed by atoms with E-state index in [9.17, 15) is 8.42 Å². The average Bonchev–Trinajstić information content (AvgIpc) is 2.97. The molecule has 9 heteroatoms. The van der Waals surface area contributed by atoms with Crippen LogP contribution in [0.25, 0.3) is 5.78 Å². The molecule has 120 valence electrons. The van der Waals surface area contributed by atoms with E-state index in [1.807, 2.05) is 13.0 Å². The van der Waals surface area contributed by atoms with Gasteiger partial charge < -0.3 is 5.32 Å². The third-order valence-electron chi connectivity index (χ3n) is 3.19. The fourth-order valence-electron chi connectivity index (χ4n) is 2.04. The molecule has 0 spiro atoms. The zero-order valence-corrected chi connectivity index (χ0v) is 13.5. The van der Waals surface area contributed by atoms with E-state index < -0.39 is 10.0 Å². The maximum Gasteiger partial charge on any atom is 0.254 e. The maximum absolute atomic E-state index is 11.5. The van der Waals surface area contributed by atoms with Crippen LogP contribution in [0.5, 0.6) is 0 Å². The normalized spacial score (nSPS) is 11.6. The molecule has 3 rings (SSSR count). The highest BCUT2D eigenvalue weighted by atomic mass is 32.2. The van der Waals surface area contributed by atoms with Gasteiger partial charge in [0.2, 0.25) is 10.0 Å². The topological polar surface area (TPSA) is 101 Å². The highest BCUT2D eigenvalue weighted by molar-refractivity contribution is 7.92. The van der Waals surface area contributed by atoms with Crippen molar-refractivity contribution in [3.63, 3.8) is 0 Å². The standard InChI is InChI=1S/C14H16N6O2S/c1-3-23(21,22)19-12-6-4-11(5-7-12)18-13-8-10(2)17-14-15-9-16-20(13)14/h4-9,18-19H,3H2,1-2H3. The molecule has 0 aliphatic heterocycles. The Morgan fingerprint density at radius 1 is 1.17 bits per heavy atom. The van der Waals surface area contributed by atoms with Gasteiger partial charge in [-0.15, -0.1) is 0 Å². The van der Waals surface area contributed by atoms with E-state index in [-0.39, 0.29) is 5.75 Å². The lowest BCUT2D eigenvalue weighted by molar-refractivity contribution is 0.602. The second-order valence-corrected chi connectivity index (χ2v) is 6.97. The Bertz CT molecular complexity index is 934. The summed E-state index contributed by atoms with van der Waals surface area (Å²) in [6.45, 7) is 3.47. The predicted molar refractivity (Wildman–Crippen MR) is 88.3 cm³/mol. The summed E-state index contributed by atoms with van der Waals surface area (Å²) >= 11 is 0. The van der Waals surface area contributed by atoms with Crippen molar-refractivity contribution in [3.8, 4) is 0 Å². The second kappa shape index (κ2) is 5.84. The van der Waals surface area contributed by atoms with Crippen molar-refractivity contribution in [3.05, 3.63) is 42.4 Å². The van der Waals surface area contributed by atoms with Crippen LogP contribution in [0.1, 0.15) is 12.6 Å². The van der Waals surface area contributed by atoms with Gasteiger partial charge in [-0.1, -0.05) is 0 Å². The molecule has 2 N–H and O–H groups in total. The zero-order valence-electron chi connectivity index (χ0n) is 12.7. The summed E-state index contributed by atoms with van der Waals surface area (Å²) in [6.07, 6.45) is 1.44. The molecule has 2 aromatic heterocycles. The molecular formula is C14H16N6O2S. The lowest BCUT2D eigenvalue weighted by Crippen LogP contribution is -2.14. The van der Waals surface area contributed by atoms with Crippen LogP contribution in [-0.4, -0.2) is 33.8 Å². The number of rotatable bonds is 5. The lowest BCUT2D eigenvalue weighted by atomic mass is 10.3. The number of hydrogen-bond donors (Lipinski definition) is 2. The van der Waals surface area contributed by atoms with Gasteiger partial charge in [0.25, 0.3) is 5.78 Å². The van der Waals surface area contributed by atoms with Crippen molar-refractivity contribution in [2.75, 3.05) is 15.8 Å². The fraction of sp³-hybridized carbons (Fsp3) is 0.214. The van der Waals surface area contributed by atoms with Crippen LogP contribution >= 0.6 is 0 Å². The van der Waals surface area contributed by atoms with Gasteiger partial charge in [-0.2, -0.15) is 14.6 Å². The first-order valence-corrected chi connectivity index (χ1v) is 8.67. The molecule has 2 heterocycles. The molecule has 0 saturated carbocycles. The van der Waals surface area contributed by atoms with Gasteiger partial charge in [-0.05, 0) is 38.1 Å². The van der Waals surface area contributed by atoms with Crippen LogP contribution < -0.4 is 10.0 Å². The number of aromatic nitrogens is 4. The largest absolute Gasteiger partial charge is 0.340 e. The first-order chi connectivity index (χ1) is 11.0. The lowest BCUT2D eigenvalue weighted by Gasteiger charge is -2.10. The molecule has 1 aromatic carbocycles. The average molecular weight is 332 g/mol. The van der Waals surface area contributed by atoms with Gasteiger partial charge in [-0.25, -0.2) is 13.4 Å². The first kappa shape index (κ1) is 15.2. The molecule has 0 bridgehead atoms. The van der Waals surface area contributed by atoms with Crippen molar-refractivity contribution >= 4 is 33.0 Å². The Morgan fingerprint density at radius 2 is 1.87 bits per heavy atom. The molecule has 23 heavy (non-hydrogen) atoms.